The minimum absolute atomic E-state index is 0.803. The van der Waals surface area contributed by atoms with Crippen LogP contribution < -0.4 is 4.43 Å². The number of aliphatic imine (C=N–C) groups is 1. The van der Waals surface area contributed by atoms with E-state index >= 15 is 0 Å². The molecule has 5 heteroatoms. The van der Waals surface area contributed by atoms with E-state index in [0.717, 1.165) is 28.4 Å². The van der Waals surface area contributed by atoms with Gasteiger partial charge in [0.15, 0.2) is 0 Å². The Morgan fingerprint density at radius 2 is 2.16 bits per heavy atom. The molecule has 1 radical (unpaired) electrons. The SMILES string of the molecule is CC(=Nc1c(C)cccc1O[Si](C)C)c1cnc[nH]1. The highest BCUT2D eigenvalue weighted by Gasteiger charge is 2.09. The van der Waals surface area contributed by atoms with Crippen molar-refractivity contribution in [2.45, 2.75) is 26.9 Å². The molecule has 0 aliphatic heterocycles. The van der Waals surface area contributed by atoms with E-state index in [4.69, 9.17) is 9.42 Å². The molecule has 0 saturated heterocycles. The van der Waals surface area contributed by atoms with E-state index in [0.29, 0.717) is 0 Å². The summed E-state index contributed by atoms with van der Waals surface area (Å²) in [4.78, 5) is 11.8. The fourth-order valence-electron chi connectivity index (χ4n) is 1.76. The highest BCUT2D eigenvalue weighted by Crippen LogP contribution is 2.32. The third kappa shape index (κ3) is 3.32. The lowest BCUT2D eigenvalue weighted by molar-refractivity contribution is 0.581. The van der Waals surface area contributed by atoms with Gasteiger partial charge in [-0.25, -0.2) is 9.98 Å². The fraction of sp³-hybridized carbons (Fsp3) is 0.286. The zero-order chi connectivity index (χ0) is 13.8. The number of aromatic amines is 1. The largest absolute Gasteiger partial charge is 0.541 e. The highest BCUT2D eigenvalue weighted by atomic mass is 28.3. The van der Waals surface area contributed by atoms with Crippen molar-refractivity contribution in [2.75, 3.05) is 0 Å². The van der Waals surface area contributed by atoms with Crippen LogP contribution in [0, 0.1) is 6.92 Å². The van der Waals surface area contributed by atoms with Crippen molar-refractivity contribution in [1.29, 1.82) is 0 Å². The molecular formula is C14H18N3OSi. The van der Waals surface area contributed by atoms with Gasteiger partial charge in [0.05, 0.1) is 23.9 Å². The van der Waals surface area contributed by atoms with E-state index < -0.39 is 9.04 Å². The number of H-pyrrole nitrogens is 1. The van der Waals surface area contributed by atoms with E-state index in [2.05, 4.69) is 23.1 Å². The van der Waals surface area contributed by atoms with Crippen molar-refractivity contribution in [3.8, 4) is 5.75 Å². The molecule has 0 amide bonds. The van der Waals surface area contributed by atoms with E-state index in [1.54, 1.807) is 12.5 Å². The van der Waals surface area contributed by atoms with Gasteiger partial charge in [0.25, 0.3) is 9.04 Å². The van der Waals surface area contributed by atoms with E-state index in [1.807, 2.05) is 32.0 Å². The summed E-state index contributed by atoms with van der Waals surface area (Å²) in [7, 11) is -0.803. The maximum absolute atomic E-state index is 5.91. The summed E-state index contributed by atoms with van der Waals surface area (Å²) in [6.45, 7) is 8.24. The summed E-state index contributed by atoms with van der Waals surface area (Å²) < 4.78 is 5.91. The Hall–Kier alpha value is -1.88. The predicted octanol–water partition coefficient (Wildman–Crippen LogP) is 3.49. The van der Waals surface area contributed by atoms with Crippen molar-refractivity contribution in [1.82, 2.24) is 9.97 Å². The van der Waals surface area contributed by atoms with E-state index in [9.17, 15) is 0 Å². The molecule has 0 atom stereocenters. The molecule has 99 valence electrons. The van der Waals surface area contributed by atoms with E-state index in [1.165, 1.54) is 0 Å². The van der Waals surface area contributed by atoms with Crippen LogP contribution in [0.2, 0.25) is 13.1 Å². The molecule has 1 N–H and O–H groups in total. The molecule has 2 rings (SSSR count). The first-order valence-electron chi connectivity index (χ1n) is 6.19. The lowest BCUT2D eigenvalue weighted by atomic mass is 10.2. The van der Waals surface area contributed by atoms with Gasteiger partial charge in [-0.15, -0.1) is 0 Å². The predicted molar refractivity (Wildman–Crippen MR) is 79.7 cm³/mol. The number of nitrogens with one attached hydrogen (secondary N) is 1. The second-order valence-electron chi connectivity index (χ2n) is 4.59. The van der Waals surface area contributed by atoms with Crippen molar-refractivity contribution >= 4 is 20.4 Å². The molecule has 0 aliphatic rings. The first-order chi connectivity index (χ1) is 9.08. The van der Waals surface area contributed by atoms with Crippen molar-refractivity contribution in [3.05, 3.63) is 42.0 Å². The molecule has 0 fully saturated rings. The van der Waals surface area contributed by atoms with Crippen LogP contribution in [0.5, 0.6) is 5.75 Å². The minimum Gasteiger partial charge on any atom is -0.541 e. The molecule has 0 saturated carbocycles. The number of imidazole rings is 1. The maximum Gasteiger partial charge on any atom is 0.274 e. The topological polar surface area (TPSA) is 50.3 Å². The number of hydrogen-bond donors (Lipinski definition) is 1. The molecule has 1 heterocycles. The van der Waals surface area contributed by atoms with Gasteiger partial charge in [-0.05, 0) is 38.6 Å². The van der Waals surface area contributed by atoms with Gasteiger partial charge in [-0.2, -0.15) is 0 Å². The Morgan fingerprint density at radius 3 is 2.79 bits per heavy atom. The monoisotopic (exact) mass is 272 g/mol. The fourth-order valence-corrected chi connectivity index (χ4v) is 2.36. The molecule has 4 nitrogen and oxygen atoms in total. The molecule has 19 heavy (non-hydrogen) atoms. The van der Waals surface area contributed by atoms with Crippen LogP contribution in [0.3, 0.4) is 0 Å². The molecule has 0 spiro atoms. The Kier molecular flexibility index (Phi) is 4.16. The molecule has 0 aliphatic carbocycles. The van der Waals surface area contributed by atoms with Crippen LogP contribution in [0.4, 0.5) is 5.69 Å². The Bertz CT molecular complexity index is 576. The first-order valence-corrected chi connectivity index (χ1v) is 8.60. The molecule has 0 bridgehead atoms. The van der Waals surface area contributed by atoms with Crippen LogP contribution in [0.15, 0.2) is 35.7 Å². The molecular weight excluding hydrogens is 254 g/mol. The van der Waals surface area contributed by atoms with Crippen molar-refractivity contribution < 1.29 is 4.43 Å². The second kappa shape index (κ2) is 5.84. The Balaban J connectivity index is 2.41. The number of rotatable bonds is 4. The molecule has 0 unspecified atom stereocenters. The van der Waals surface area contributed by atoms with Gasteiger partial charge in [0.1, 0.15) is 11.4 Å². The standard InChI is InChI=1S/C14H18N3OSi/c1-10-6-5-7-13(18-19(3)4)14(10)17-11(2)12-8-15-9-16-12/h5-9H,1-4H3,(H,15,16). The van der Waals surface area contributed by atoms with Gasteiger partial charge in [0, 0.05) is 0 Å². The second-order valence-corrected chi connectivity index (χ2v) is 6.62. The summed E-state index contributed by atoms with van der Waals surface area (Å²) in [5.74, 6) is 0.859. The van der Waals surface area contributed by atoms with Crippen LogP contribution >= 0.6 is 0 Å². The molecule has 2 aromatic rings. The summed E-state index contributed by atoms with van der Waals surface area (Å²) >= 11 is 0. The van der Waals surface area contributed by atoms with Crippen LogP contribution in [0.1, 0.15) is 18.2 Å². The quantitative estimate of drug-likeness (QED) is 0.684. The zero-order valence-electron chi connectivity index (χ0n) is 11.7. The number of benzene rings is 1. The number of nitrogens with zero attached hydrogens (tertiary/aromatic N) is 2. The average molecular weight is 272 g/mol. The van der Waals surface area contributed by atoms with Gasteiger partial charge in [0.2, 0.25) is 0 Å². The van der Waals surface area contributed by atoms with E-state index in [-0.39, 0.29) is 0 Å². The third-order valence-corrected chi connectivity index (χ3v) is 3.31. The first kappa shape index (κ1) is 13.5. The van der Waals surface area contributed by atoms with Crippen LogP contribution in [0.25, 0.3) is 0 Å². The molecule has 1 aromatic heterocycles. The average Bonchev–Trinajstić information content (AvgIpc) is 2.86. The van der Waals surface area contributed by atoms with Gasteiger partial charge < -0.3 is 9.41 Å². The van der Waals surface area contributed by atoms with Gasteiger partial charge >= 0.3 is 0 Å². The van der Waals surface area contributed by atoms with Gasteiger partial charge in [-0.1, -0.05) is 12.1 Å². The summed E-state index contributed by atoms with van der Waals surface area (Å²) in [6, 6.07) is 6.02. The summed E-state index contributed by atoms with van der Waals surface area (Å²) in [5, 5.41) is 0. The van der Waals surface area contributed by atoms with Gasteiger partial charge in [-0.3, -0.25) is 0 Å². The number of para-hydroxylation sites is 1. The summed E-state index contributed by atoms with van der Waals surface area (Å²) in [6.07, 6.45) is 3.43. The highest BCUT2D eigenvalue weighted by molar-refractivity contribution is 6.49. The minimum atomic E-state index is -0.803. The lowest BCUT2D eigenvalue weighted by Gasteiger charge is -2.13. The van der Waals surface area contributed by atoms with Crippen LogP contribution in [-0.4, -0.2) is 24.7 Å². The smallest absolute Gasteiger partial charge is 0.274 e. The Labute approximate surface area is 115 Å². The summed E-state index contributed by atoms with van der Waals surface area (Å²) in [5.41, 5.74) is 3.84. The maximum atomic E-state index is 5.91. The normalized spacial score (nSPS) is 11.9. The van der Waals surface area contributed by atoms with Crippen molar-refractivity contribution in [2.24, 2.45) is 4.99 Å². The van der Waals surface area contributed by atoms with Crippen molar-refractivity contribution in [3.63, 3.8) is 0 Å². The lowest BCUT2D eigenvalue weighted by Crippen LogP contribution is -2.11. The third-order valence-electron chi connectivity index (χ3n) is 2.68. The number of aryl methyl sites for hydroxylation is 1. The Morgan fingerprint density at radius 1 is 1.37 bits per heavy atom. The number of hydrogen-bond acceptors (Lipinski definition) is 3. The number of aromatic nitrogens is 2. The molecule has 1 aromatic carbocycles. The zero-order valence-corrected chi connectivity index (χ0v) is 12.7. The van der Waals surface area contributed by atoms with Crippen LogP contribution in [-0.2, 0) is 0 Å².